The number of allylic oxidation sites excluding steroid dienone is 2. The molecule has 63 heavy (non-hydrogen) atoms. The van der Waals surface area contributed by atoms with Crippen molar-refractivity contribution in [2.45, 2.75) is 95.2 Å². The molecule has 3 fully saturated rings. The molecule has 2 aliphatic heterocycles. The number of aliphatic hydroxyl groups is 1. The maximum absolute atomic E-state index is 12.5. The Kier molecular flexibility index (Phi) is 8.78. The number of aliphatic hydroxyl groups excluding tert-OH is 1. The van der Waals surface area contributed by atoms with Crippen molar-refractivity contribution in [3.8, 4) is 28.7 Å². The summed E-state index contributed by atoms with van der Waals surface area (Å²) in [6.45, 7) is 0.467. The van der Waals surface area contributed by atoms with Crippen LogP contribution in [-0.4, -0.2) is 61.4 Å². The number of phenolic OH excluding ortho intramolecular Hbond substituents is 5. The Morgan fingerprint density at radius 1 is 0.794 bits per heavy atom. The van der Waals surface area contributed by atoms with Gasteiger partial charge in [-0.3, -0.25) is 15.3 Å². The Morgan fingerprint density at radius 3 is 2.52 bits per heavy atom. The van der Waals surface area contributed by atoms with Crippen LogP contribution in [0.4, 0.5) is 0 Å². The molecule has 6 aliphatic carbocycles. The minimum atomic E-state index is -0.533. The van der Waals surface area contributed by atoms with Crippen LogP contribution in [0.2, 0.25) is 0 Å². The molecular weight excluding hydrogens is 787 g/mol. The van der Waals surface area contributed by atoms with E-state index in [-0.39, 0.29) is 68.4 Å². The van der Waals surface area contributed by atoms with E-state index in [4.69, 9.17) is 9.98 Å². The lowest BCUT2D eigenvalue weighted by molar-refractivity contribution is -0.167. The van der Waals surface area contributed by atoms with Crippen LogP contribution in [0, 0.1) is 34.0 Å². The van der Waals surface area contributed by atoms with Crippen molar-refractivity contribution in [1.82, 2.24) is 5.32 Å². The predicted octanol–water partition coefficient (Wildman–Crippen LogP) is 9.53. The van der Waals surface area contributed by atoms with Crippen molar-refractivity contribution < 1.29 is 30.6 Å². The number of benzene rings is 4. The van der Waals surface area contributed by atoms with Gasteiger partial charge in [0.05, 0.1) is 23.2 Å². The molecule has 12 rings (SSSR count). The molecule has 9 atom stereocenters. The zero-order chi connectivity index (χ0) is 42.8. The van der Waals surface area contributed by atoms with Crippen molar-refractivity contribution in [3.63, 3.8) is 0 Å². The molecule has 9 nitrogen and oxygen atoms in total. The van der Waals surface area contributed by atoms with Crippen LogP contribution in [0.1, 0.15) is 97.2 Å². The Bertz CT molecular complexity index is 2800. The van der Waals surface area contributed by atoms with Gasteiger partial charge >= 0.3 is 0 Å². The summed E-state index contributed by atoms with van der Waals surface area (Å²) in [5.74, 6) is -0.212. The second kappa shape index (κ2) is 14.2. The standard InChI is InChI=1S/C54H55N3O6/c58-41-18-11-31(25-44(41)61)9-16-38-39-6-1-7-42(59)46(39)49(63)48(62)40(38)17-10-30-8-15-37-32(24-30)12-13-33-26-34-27-36-5-3-21-53(36)23-22-52-20-2-4-35(52)14-19-43(60)50(52)54(53,45-28-55-29-56-45)51(34)57-47(33)37/h1,6-9,11,14-16,18-19,24-28,35-36,43,47,50-51,57-63H,2-5,10,12-13,17,20-23,29H2. The molecule has 2 spiro atoms. The van der Waals surface area contributed by atoms with Gasteiger partial charge in [-0.15, -0.1) is 0 Å². The third kappa shape index (κ3) is 5.42. The SMILES string of the molecule is Oc1ccc(C=Cc2c(CCc3ccc4c(c3)CCC3=CC5=CC6CCCC67CCC68CCCC6C=CC(O)C8C7(C6=NCN=C6)C5NC34)c(O)c(O)c3c(O)cccc23)cc1O. The monoisotopic (exact) mass is 841 g/mol. The highest BCUT2D eigenvalue weighted by Gasteiger charge is 2.76. The lowest BCUT2D eigenvalue weighted by Crippen LogP contribution is -2.74. The van der Waals surface area contributed by atoms with E-state index < -0.39 is 6.10 Å². The number of aliphatic imine (C=N–C) groups is 2. The average Bonchev–Trinajstić information content (AvgIpc) is 4.07. The maximum atomic E-state index is 12.5. The summed E-state index contributed by atoms with van der Waals surface area (Å²) in [7, 11) is 0. The molecule has 3 saturated carbocycles. The highest BCUT2D eigenvalue weighted by atomic mass is 16.3. The Labute approximate surface area is 367 Å². The van der Waals surface area contributed by atoms with Gasteiger partial charge in [0, 0.05) is 29.2 Å². The smallest absolute Gasteiger partial charge is 0.169 e. The van der Waals surface area contributed by atoms with Crippen LogP contribution in [0.25, 0.3) is 22.9 Å². The third-order valence-corrected chi connectivity index (χ3v) is 17.5. The van der Waals surface area contributed by atoms with E-state index in [2.05, 4.69) is 54.0 Å². The number of hydrogen-bond acceptors (Lipinski definition) is 9. The zero-order valence-electron chi connectivity index (χ0n) is 35.5. The molecule has 7 N–H and O–H groups in total. The minimum Gasteiger partial charge on any atom is -0.507 e. The third-order valence-electron chi connectivity index (χ3n) is 17.5. The molecule has 0 aromatic heterocycles. The number of nitrogens with one attached hydrogen (secondary N) is 1. The molecule has 8 aliphatic rings. The van der Waals surface area contributed by atoms with E-state index >= 15 is 0 Å². The Hall–Kier alpha value is -5.64. The van der Waals surface area contributed by atoms with Gasteiger partial charge in [0.2, 0.25) is 0 Å². The van der Waals surface area contributed by atoms with E-state index in [1.165, 1.54) is 85.4 Å². The topological polar surface area (TPSA) is 158 Å². The van der Waals surface area contributed by atoms with E-state index in [0.29, 0.717) is 53.4 Å². The highest BCUT2D eigenvalue weighted by Crippen LogP contribution is 2.77. The quantitative estimate of drug-likeness (QED) is 0.0579. The van der Waals surface area contributed by atoms with Crippen LogP contribution in [0.5, 0.6) is 28.7 Å². The van der Waals surface area contributed by atoms with Gasteiger partial charge in [-0.1, -0.05) is 85.7 Å². The molecule has 0 radical (unpaired) electrons. The summed E-state index contributed by atoms with van der Waals surface area (Å²) in [6.07, 6.45) is 27.3. The van der Waals surface area contributed by atoms with Gasteiger partial charge in [-0.25, -0.2) is 0 Å². The molecule has 322 valence electrons. The van der Waals surface area contributed by atoms with E-state index in [1.54, 1.807) is 18.2 Å². The van der Waals surface area contributed by atoms with Crippen LogP contribution < -0.4 is 5.32 Å². The molecule has 0 saturated heterocycles. The van der Waals surface area contributed by atoms with Gasteiger partial charge in [0.1, 0.15) is 12.4 Å². The van der Waals surface area contributed by atoms with Gasteiger partial charge in [0.25, 0.3) is 0 Å². The van der Waals surface area contributed by atoms with Gasteiger partial charge in [0.15, 0.2) is 23.0 Å². The van der Waals surface area contributed by atoms with Gasteiger partial charge in [-0.05, 0) is 149 Å². The van der Waals surface area contributed by atoms with Crippen molar-refractivity contribution in [1.29, 1.82) is 0 Å². The summed E-state index contributed by atoms with van der Waals surface area (Å²) in [6, 6.07) is 16.4. The molecular formula is C54H55N3O6. The molecule has 2 heterocycles. The van der Waals surface area contributed by atoms with Crippen molar-refractivity contribution in [3.05, 3.63) is 123 Å². The first-order valence-corrected chi connectivity index (χ1v) is 23.2. The minimum absolute atomic E-state index is 0.000821. The molecule has 4 aromatic carbocycles. The Balaban J connectivity index is 0.907. The summed E-state index contributed by atoms with van der Waals surface area (Å²) >= 11 is 0. The second-order valence-corrected chi connectivity index (χ2v) is 19.9. The molecule has 9 heteroatoms. The van der Waals surface area contributed by atoms with Crippen LogP contribution in [-0.2, 0) is 19.3 Å². The van der Waals surface area contributed by atoms with Crippen LogP contribution >= 0.6 is 0 Å². The average molecular weight is 842 g/mol. The first-order valence-electron chi connectivity index (χ1n) is 23.2. The van der Waals surface area contributed by atoms with Crippen molar-refractivity contribution >= 4 is 34.9 Å². The van der Waals surface area contributed by atoms with Crippen molar-refractivity contribution in [2.75, 3.05) is 6.67 Å². The second-order valence-electron chi connectivity index (χ2n) is 19.9. The largest absolute Gasteiger partial charge is 0.507 e. The zero-order valence-corrected chi connectivity index (χ0v) is 35.5. The maximum Gasteiger partial charge on any atom is 0.169 e. The van der Waals surface area contributed by atoms with E-state index in [9.17, 15) is 30.6 Å². The molecule has 4 aromatic rings. The fourth-order valence-corrected chi connectivity index (χ4v) is 15.1. The van der Waals surface area contributed by atoms with Crippen LogP contribution in [0.15, 0.2) is 100 Å². The summed E-state index contributed by atoms with van der Waals surface area (Å²) < 4.78 is 0. The first-order chi connectivity index (χ1) is 30.6. The van der Waals surface area contributed by atoms with Gasteiger partial charge < -0.3 is 30.6 Å². The van der Waals surface area contributed by atoms with E-state index in [0.717, 1.165) is 30.5 Å². The lowest BCUT2D eigenvalue weighted by atomic mass is 9.34. The van der Waals surface area contributed by atoms with Gasteiger partial charge in [-0.2, -0.15) is 0 Å². The number of nitrogens with zero attached hydrogens (tertiary/aromatic N) is 2. The molecule has 0 bridgehead atoms. The summed E-state index contributed by atoms with van der Waals surface area (Å²) in [4.78, 5) is 10.1. The summed E-state index contributed by atoms with van der Waals surface area (Å²) in [5, 5.41) is 71.2. The van der Waals surface area contributed by atoms with Crippen LogP contribution in [0.3, 0.4) is 0 Å². The number of aryl methyl sites for hydroxylation is 2. The fraction of sp³-hybridized carbons (Fsp3) is 0.407. The summed E-state index contributed by atoms with van der Waals surface area (Å²) in [5.41, 5.74) is 9.19. The number of rotatable bonds is 6. The van der Waals surface area contributed by atoms with E-state index in [1.807, 2.05) is 12.1 Å². The normalized spacial score (nSPS) is 33.4. The lowest BCUT2D eigenvalue weighted by Gasteiger charge is -2.71. The number of fused-ring (bicyclic) bond motifs is 7. The van der Waals surface area contributed by atoms with Crippen molar-refractivity contribution in [2.24, 2.45) is 44.0 Å². The predicted molar refractivity (Wildman–Crippen MR) is 246 cm³/mol. The molecule has 0 amide bonds. The first kappa shape index (κ1) is 39.0. The molecule has 9 unspecified atom stereocenters. The highest BCUT2D eigenvalue weighted by molar-refractivity contribution is 6.35. The Morgan fingerprint density at radius 2 is 1.67 bits per heavy atom. The fourth-order valence-electron chi connectivity index (χ4n) is 15.1. The number of phenols is 5. The number of aromatic hydroxyl groups is 5. The number of hydrogen-bond donors (Lipinski definition) is 7.